The number of aliphatic hydroxyl groups is 3. The summed E-state index contributed by atoms with van der Waals surface area (Å²) in [6, 6.07) is 13.9. The molecule has 0 saturated heterocycles. The highest BCUT2D eigenvalue weighted by Crippen LogP contribution is 2.47. The predicted octanol–water partition coefficient (Wildman–Crippen LogP) is 3.93. The van der Waals surface area contributed by atoms with Crippen LogP contribution in [0.25, 0.3) is 23.7 Å². The molecule has 11 heteroatoms. The molecule has 0 spiro atoms. The van der Waals surface area contributed by atoms with Crippen molar-refractivity contribution < 1.29 is 33.7 Å². The number of carbonyl (C=O) groups excluding carboxylic acids is 2. The minimum atomic E-state index is -1.88. The van der Waals surface area contributed by atoms with Gasteiger partial charge in [0, 0.05) is 11.1 Å². The van der Waals surface area contributed by atoms with E-state index in [1.54, 1.807) is 26.0 Å². The Hall–Kier alpha value is -4.58. The molecule has 45 heavy (non-hydrogen) atoms. The first-order valence-corrected chi connectivity index (χ1v) is 14.8. The molecule has 0 saturated carbocycles. The summed E-state index contributed by atoms with van der Waals surface area (Å²) in [5, 5.41) is 38.0. The molecule has 2 aromatic heterocycles. The van der Waals surface area contributed by atoms with Crippen LogP contribution in [0.5, 0.6) is 0 Å². The molecule has 0 unspecified atom stereocenters. The minimum Gasteiger partial charge on any atom is -0.443 e. The van der Waals surface area contributed by atoms with Crippen molar-refractivity contribution in [3.05, 3.63) is 94.4 Å². The third kappa shape index (κ3) is 6.19. The number of fused-ring (bicyclic) bond motifs is 2. The smallest absolute Gasteiger partial charge is 0.249 e. The quantitative estimate of drug-likeness (QED) is 0.187. The number of amides is 2. The van der Waals surface area contributed by atoms with Gasteiger partial charge in [-0.2, -0.15) is 0 Å². The molecular formula is C34H38N4O7. The normalized spacial score (nSPS) is 15.1. The summed E-state index contributed by atoms with van der Waals surface area (Å²) >= 11 is 0. The van der Waals surface area contributed by atoms with Gasteiger partial charge < -0.3 is 34.8 Å². The van der Waals surface area contributed by atoms with E-state index < -0.39 is 35.0 Å². The second-order valence-electron chi connectivity index (χ2n) is 12.5. The number of oxazole rings is 2. The van der Waals surface area contributed by atoms with Crippen LogP contribution in [0.1, 0.15) is 80.3 Å². The molecule has 1 aliphatic rings. The Balaban J connectivity index is 1.64. The molecule has 11 nitrogen and oxygen atoms in total. The van der Waals surface area contributed by atoms with Crippen LogP contribution < -0.4 is 10.6 Å². The lowest BCUT2D eigenvalue weighted by Gasteiger charge is -2.30. The average Bonchev–Trinajstić information content (AvgIpc) is 3.65. The van der Waals surface area contributed by atoms with Crippen molar-refractivity contribution in [2.75, 3.05) is 6.54 Å². The van der Waals surface area contributed by atoms with Crippen molar-refractivity contribution in [2.45, 2.75) is 59.0 Å². The van der Waals surface area contributed by atoms with Crippen LogP contribution in [-0.2, 0) is 21.8 Å². The maximum absolute atomic E-state index is 13.1. The van der Waals surface area contributed by atoms with Gasteiger partial charge >= 0.3 is 0 Å². The summed E-state index contributed by atoms with van der Waals surface area (Å²) in [6.07, 6.45) is 3.88. The van der Waals surface area contributed by atoms with E-state index in [-0.39, 0.29) is 48.0 Å². The van der Waals surface area contributed by atoms with Gasteiger partial charge in [0.25, 0.3) is 0 Å². The maximum atomic E-state index is 13.1. The Morgan fingerprint density at radius 1 is 0.978 bits per heavy atom. The molecule has 2 amide bonds. The van der Waals surface area contributed by atoms with Crippen LogP contribution in [0.3, 0.4) is 0 Å². The van der Waals surface area contributed by atoms with E-state index in [1.807, 2.05) is 69.3 Å². The minimum absolute atomic E-state index is 0.0126. The fourth-order valence-electron chi connectivity index (χ4n) is 5.29. The molecule has 0 fully saturated rings. The zero-order chi connectivity index (χ0) is 32.5. The molecule has 4 aromatic rings. The largest absolute Gasteiger partial charge is 0.443 e. The Morgan fingerprint density at radius 2 is 1.58 bits per heavy atom. The summed E-state index contributed by atoms with van der Waals surface area (Å²) < 4.78 is 12.2. The van der Waals surface area contributed by atoms with Crippen LogP contribution in [0.4, 0.5) is 0 Å². The Kier molecular flexibility index (Phi) is 8.79. The number of aliphatic hydroxyl groups excluding tert-OH is 2. The van der Waals surface area contributed by atoms with Crippen LogP contribution >= 0.6 is 0 Å². The first-order chi connectivity index (χ1) is 21.3. The number of hydrogen-bond acceptors (Lipinski definition) is 9. The molecule has 2 atom stereocenters. The highest BCUT2D eigenvalue weighted by molar-refractivity contribution is 5.87. The summed E-state index contributed by atoms with van der Waals surface area (Å²) in [6.45, 7) is 8.28. The molecule has 0 radical (unpaired) electrons. The second-order valence-corrected chi connectivity index (χ2v) is 12.5. The van der Waals surface area contributed by atoms with Gasteiger partial charge in [0.05, 0.1) is 13.2 Å². The van der Waals surface area contributed by atoms with Crippen LogP contribution in [0, 0.1) is 11.3 Å². The molecule has 0 bridgehead atoms. The number of nitrogens with zero attached hydrogens (tertiary/aromatic N) is 2. The van der Waals surface area contributed by atoms with Crippen molar-refractivity contribution >= 4 is 24.0 Å². The van der Waals surface area contributed by atoms with E-state index >= 15 is 0 Å². The van der Waals surface area contributed by atoms with E-state index in [4.69, 9.17) is 13.8 Å². The summed E-state index contributed by atoms with van der Waals surface area (Å²) in [7, 11) is 0. The highest BCUT2D eigenvalue weighted by Gasteiger charge is 2.46. The van der Waals surface area contributed by atoms with E-state index in [0.717, 1.165) is 11.1 Å². The van der Waals surface area contributed by atoms with Crippen molar-refractivity contribution in [2.24, 2.45) is 11.3 Å². The monoisotopic (exact) mass is 614 g/mol. The Bertz CT molecular complexity index is 1680. The van der Waals surface area contributed by atoms with Crippen molar-refractivity contribution in [3.63, 3.8) is 0 Å². The van der Waals surface area contributed by atoms with Crippen LogP contribution in [0.2, 0.25) is 0 Å². The maximum Gasteiger partial charge on any atom is 0.249 e. The predicted molar refractivity (Wildman–Crippen MR) is 166 cm³/mol. The Labute approximate surface area is 261 Å². The van der Waals surface area contributed by atoms with Gasteiger partial charge in [0.15, 0.2) is 17.1 Å². The zero-order valence-corrected chi connectivity index (χ0v) is 25.9. The number of aromatic nitrogens is 2. The SMILES string of the molecule is CC(C)[C@H](O)C(=O)NCC(=O)N[C@H](c1nc(-c2nc(CO)co2)c(C2(O)c3ccccc3C=Cc3ccccc32)o1)C(C)(C)C. The molecular weight excluding hydrogens is 576 g/mol. The van der Waals surface area contributed by atoms with Crippen molar-refractivity contribution in [1.82, 2.24) is 20.6 Å². The standard InChI is InChI=1S/C34H38N4O7/c1-19(2)27(41)30(42)35-16-25(40)37-28(33(3,4)5)32-38-26(31-36-22(17-39)18-44-31)29(45-32)34(43)23-12-8-6-10-20(23)14-15-21-11-7-9-13-24(21)34/h6-15,18-19,27-28,39,41,43H,16-17H2,1-5H3,(H,35,42)(H,37,40)/t27-,28+/m0/s1. The summed E-state index contributed by atoms with van der Waals surface area (Å²) in [5.74, 6) is -1.41. The summed E-state index contributed by atoms with van der Waals surface area (Å²) in [5.41, 5.74) is 0.392. The lowest BCUT2D eigenvalue weighted by Crippen LogP contribution is -2.45. The number of benzene rings is 2. The Morgan fingerprint density at radius 3 is 2.11 bits per heavy atom. The van der Waals surface area contributed by atoms with E-state index in [0.29, 0.717) is 11.1 Å². The van der Waals surface area contributed by atoms with E-state index in [1.165, 1.54) is 6.26 Å². The third-order valence-corrected chi connectivity index (χ3v) is 7.77. The number of hydrogen-bond donors (Lipinski definition) is 5. The van der Waals surface area contributed by atoms with Gasteiger partial charge in [0.1, 0.15) is 24.1 Å². The van der Waals surface area contributed by atoms with E-state index in [2.05, 4.69) is 15.6 Å². The van der Waals surface area contributed by atoms with E-state index in [9.17, 15) is 24.9 Å². The third-order valence-electron chi connectivity index (χ3n) is 7.77. The first kappa shape index (κ1) is 31.8. The summed E-state index contributed by atoms with van der Waals surface area (Å²) in [4.78, 5) is 34.5. The van der Waals surface area contributed by atoms with Gasteiger partial charge in [-0.15, -0.1) is 0 Å². The van der Waals surface area contributed by atoms with Gasteiger partial charge in [0.2, 0.25) is 23.6 Å². The van der Waals surface area contributed by atoms with Gasteiger partial charge in [-0.1, -0.05) is 95.3 Å². The first-order valence-electron chi connectivity index (χ1n) is 14.8. The topological polar surface area (TPSA) is 171 Å². The molecule has 0 aliphatic heterocycles. The molecule has 236 valence electrons. The van der Waals surface area contributed by atoms with Crippen molar-refractivity contribution in [1.29, 1.82) is 0 Å². The highest BCUT2D eigenvalue weighted by atomic mass is 16.4. The van der Waals surface area contributed by atoms with Gasteiger partial charge in [-0.25, -0.2) is 9.97 Å². The van der Waals surface area contributed by atoms with Crippen molar-refractivity contribution in [3.8, 4) is 11.6 Å². The average molecular weight is 615 g/mol. The zero-order valence-electron chi connectivity index (χ0n) is 25.9. The lowest BCUT2D eigenvalue weighted by molar-refractivity contribution is -0.133. The fraction of sp³-hybridized carbons (Fsp3) is 0.353. The number of rotatable bonds is 9. The number of carbonyl (C=O) groups is 2. The van der Waals surface area contributed by atoms with Crippen LogP contribution in [0.15, 0.2) is 63.6 Å². The number of nitrogens with one attached hydrogen (secondary N) is 2. The fourth-order valence-corrected chi connectivity index (χ4v) is 5.29. The second kappa shape index (κ2) is 12.4. The molecule has 2 heterocycles. The molecule has 2 aromatic carbocycles. The van der Waals surface area contributed by atoms with Crippen LogP contribution in [-0.4, -0.2) is 49.8 Å². The molecule has 5 rings (SSSR count). The molecule has 5 N–H and O–H groups in total. The molecule has 1 aliphatic carbocycles. The van der Waals surface area contributed by atoms with Gasteiger partial charge in [-0.05, 0) is 22.5 Å². The van der Waals surface area contributed by atoms with Gasteiger partial charge in [-0.3, -0.25) is 9.59 Å². The lowest BCUT2D eigenvalue weighted by atomic mass is 9.80.